The average Bonchev–Trinajstić information content (AvgIpc) is 2.81. The molecule has 1 aromatic heterocycles. The number of nitrogens with zero attached hydrogens (tertiary/aromatic N) is 2. The van der Waals surface area contributed by atoms with Crippen LogP contribution in [0.5, 0.6) is 0 Å². The number of nitrogens with one attached hydrogen (secondary N) is 2. The number of non-ortho nitro benzene ring substituents is 1. The molecule has 0 saturated carbocycles. The van der Waals surface area contributed by atoms with Crippen LogP contribution >= 0.6 is 0 Å². The van der Waals surface area contributed by atoms with Gasteiger partial charge in [0.25, 0.3) is 5.69 Å². The Hall–Kier alpha value is -2.48. The van der Waals surface area contributed by atoms with Crippen LogP contribution in [0, 0.1) is 10.1 Å². The van der Waals surface area contributed by atoms with E-state index in [9.17, 15) is 14.9 Å². The van der Waals surface area contributed by atoms with Crippen LogP contribution in [0.3, 0.4) is 0 Å². The molecule has 2 aromatic rings. The van der Waals surface area contributed by atoms with Gasteiger partial charge in [-0.3, -0.25) is 14.9 Å². The van der Waals surface area contributed by atoms with Crippen molar-refractivity contribution in [2.75, 3.05) is 13.7 Å². The number of methoxy groups -OCH3 is 1. The maximum Gasteiger partial charge on any atom is 0.271 e. The molecular weight excluding hydrogens is 264 g/mol. The first-order valence-corrected chi connectivity index (χ1v) is 5.93. The molecule has 20 heavy (non-hydrogen) atoms. The molecule has 0 saturated heterocycles. The van der Waals surface area contributed by atoms with Crippen molar-refractivity contribution in [1.29, 1.82) is 0 Å². The molecule has 0 aliphatic heterocycles. The van der Waals surface area contributed by atoms with Crippen molar-refractivity contribution in [3.63, 3.8) is 0 Å². The number of nitro groups is 1. The van der Waals surface area contributed by atoms with E-state index < -0.39 is 4.92 Å². The van der Waals surface area contributed by atoms with E-state index in [0.717, 1.165) is 0 Å². The summed E-state index contributed by atoms with van der Waals surface area (Å²) in [7, 11) is 1.44. The Balaban J connectivity index is 2.22. The molecule has 0 aliphatic rings. The van der Waals surface area contributed by atoms with Gasteiger partial charge in [-0.05, 0) is 13.0 Å². The first-order valence-electron chi connectivity index (χ1n) is 5.93. The molecule has 0 spiro atoms. The summed E-state index contributed by atoms with van der Waals surface area (Å²) in [5.41, 5.74) is 1.16. The maximum atomic E-state index is 11.4. The molecule has 1 aromatic carbocycles. The summed E-state index contributed by atoms with van der Waals surface area (Å²) in [4.78, 5) is 28.9. The monoisotopic (exact) mass is 278 g/mol. The highest BCUT2D eigenvalue weighted by atomic mass is 16.6. The minimum atomic E-state index is -0.469. The van der Waals surface area contributed by atoms with Crippen molar-refractivity contribution in [1.82, 2.24) is 15.3 Å². The third-order valence-corrected chi connectivity index (χ3v) is 2.76. The fourth-order valence-electron chi connectivity index (χ4n) is 1.82. The molecule has 1 atom stereocenters. The van der Waals surface area contributed by atoms with Crippen LogP contribution in [0.15, 0.2) is 18.2 Å². The first kappa shape index (κ1) is 13.9. The number of hydrogen-bond donors (Lipinski definition) is 2. The highest BCUT2D eigenvalue weighted by Gasteiger charge is 2.15. The van der Waals surface area contributed by atoms with Gasteiger partial charge in [-0.1, -0.05) is 0 Å². The zero-order chi connectivity index (χ0) is 14.7. The molecule has 0 fully saturated rings. The predicted octanol–water partition coefficient (Wildman–Crippen LogP) is 1.29. The number of carbonyl (C=O) groups is 1. The van der Waals surface area contributed by atoms with Crippen LogP contribution < -0.4 is 5.32 Å². The van der Waals surface area contributed by atoms with Crippen LogP contribution in [0.25, 0.3) is 11.0 Å². The van der Waals surface area contributed by atoms with Crippen molar-refractivity contribution in [3.05, 3.63) is 34.1 Å². The molecule has 1 heterocycles. The zero-order valence-electron chi connectivity index (χ0n) is 11.0. The van der Waals surface area contributed by atoms with Crippen LogP contribution in [0.4, 0.5) is 5.69 Å². The topological polar surface area (TPSA) is 110 Å². The number of H-pyrrole nitrogens is 1. The number of amides is 1. The number of hydrogen-bond acceptors (Lipinski definition) is 5. The van der Waals surface area contributed by atoms with Gasteiger partial charge in [-0.2, -0.15) is 0 Å². The Morgan fingerprint density at radius 2 is 2.35 bits per heavy atom. The van der Waals surface area contributed by atoms with E-state index >= 15 is 0 Å². The van der Waals surface area contributed by atoms with Crippen LogP contribution in [-0.2, 0) is 9.53 Å². The predicted molar refractivity (Wildman–Crippen MR) is 71.2 cm³/mol. The number of rotatable bonds is 5. The lowest BCUT2D eigenvalue weighted by Crippen LogP contribution is -2.30. The van der Waals surface area contributed by atoms with Gasteiger partial charge in [0.05, 0.1) is 22.0 Å². The molecule has 2 rings (SSSR count). The molecule has 2 N–H and O–H groups in total. The Morgan fingerprint density at radius 1 is 1.60 bits per heavy atom. The lowest BCUT2D eigenvalue weighted by Gasteiger charge is -2.10. The molecule has 0 aliphatic carbocycles. The van der Waals surface area contributed by atoms with Crippen LogP contribution in [-0.4, -0.2) is 34.5 Å². The summed E-state index contributed by atoms with van der Waals surface area (Å²) in [5, 5.41) is 13.4. The largest absolute Gasteiger partial charge is 0.375 e. The van der Waals surface area contributed by atoms with Gasteiger partial charge < -0.3 is 15.0 Å². The second-order valence-corrected chi connectivity index (χ2v) is 4.30. The fraction of sp³-hybridized carbons (Fsp3) is 0.333. The SMILES string of the molecule is COCC(=O)NC(C)c1nc2ccc([N+](=O)[O-])cc2[nH]1. The van der Waals surface area contributed by atoms with Gasteiger partial charge in [0.1, 0.15) is 12.4 Å². The first-order chi connectivity index (χ1) is 9.51. The zero-order valence-corrected chi connectivity index (χ0v) is 11.0. The molecule has 8 nitrogen and oxygen atoms in total. The number of aromatic nitrogens is 2. The van der Waals surface area contributed by atoms with Crippen molar-refractivity contribution < 1.29 is 14.5 Å². The van der Waals surface area contributed by atoms with E-state index in [1.54, 1.807) is 13.0 Å². The summed E-state index contributed by atoms with van der Waals surface area (Å²) >= 11 is 0. The Labute approximate surface area is 114 Å². The summed E-state index contributed by atoms with van der Waals surface area (Å²) in [6, 6.07) is 4.03. The van der Waals surface area contributed by atoms with Crippen molar-refractivity contribution >= 4 is 22.6 Å². The highest BCUT2D eigenvalue weighted by molar-refractivity contribution is 5.79. The van der Waals surface area contributed by atoms with Gasteiger partial charge >= 0.3 is 0 Å². The minimum Gasteiger partial charge on any atom is -0.375 e. The molecule has 1 unspecified atom stereocenters. The fourth-order valence-corrected chi connectivity index (χ4v) is 1.82. The molecular formula is C12H14N4O4. The number of fused-ring (bicyclic) bond motifs is 1. The molecule has 8 heteroatoms. The van der Waals surface area contributed by atoms with Gasteiger partial charge in [-0.25, -0.2) is 4.98 Å². The normalized spacial score (nSPS) is 12.3. The van der Waals surface area contributed by atoms with Crippen molar-refractivity contribution in [2.24, 2.45) is 0 Å². The van der Waals surface area contributed by atoms with Gasteiger partial charge in [-0.15, -0.1) is 0 Å². The van der Waals surface area contributed by atoms with Crippen LogP contribution in [0.2, 0.25) is 0 Å². The van der Waals surface area contributed by atoms with Crippen molar-refractivity contribution in [2.45, 2.75) is 13.0 Å². The third kappa shape index (κ3) is 2.91. The highest BCUT2D eigenvalue weighted by Crippen LogP contribution is 2.21. The lowest BCUT2D eigenvalue weighted by molar-refractivity contribution is -0.384. The smallest absolute Gasteiger partial charge is 0.271 e. The van der Waals surface area contributed by atoms with E-state index in [0.29, 0.717) is 16.9 Å². The second kappa shape index (κ2) is 5.66. The van der Waals surface area contributed by atoms with E-state index in [1.165, 1.54) is 19.2 Å². The van der Waals surface area contributed by atoms with Gasteiger partial charge in [0.15, 0.2) is 0 Å². The van der Waals surface area contributed by atoms with E-state index in [1.807, 2.05) is 0 Å². The number of ether oxygens (including phenoxy) is 1. The summed E-state index contributed by atoms with van der Waals surface area (Å²) in [6.45, 7) is 1.73. The van der Waals surface area contributed by atoms with E-state index in [-0.39, 0.29) is 24.2 Å². The summed E-state index contributed by atoms with van der Waals surface area (Å²) in [6.07, 6.45) is 0. The second-order valence-electron chi connectivity index (χ2n) is 4.30. The third-order valence-electron chi connectivity index (χ3n) is 2.76. The van der Waals surface area contributed by atoms with Gasteiger partial charge in [0.2, 0.25) is 5.91 Å². The Kier molecular flexibility index (Phi) is 3.94. The quantitative estimate of drug-likeness (QED) is 0.632. The number of benzene rings is 1. The van der Waals surface area contributed by atoms with E-state index in [2.05, 4.69) is 15.3 Å². The van der Waals surface area contributed by atoms with Crippen LogP contribution in [0.1, 0.15) is 18.8 Å². The van der Waals surface area contributed by atoms with Crippen molar-refractivity contribution in [3.8, 4) is 0 Å². The number of aromatic amines is 1. The summed E-state index contributed by atoms with van der Waals surface area (Å²) < 4.78 is 4.72. The maximum absolute atomic E-state index is 11.4. The molecule has 106 valence electrons. The minimum absolute atomic E-state index is 0.0104. The van der Waals surface area contributed by atoms with E-state index in [4.69, 9.17) is 4.74 Å². The molecule has 0 radical (unpaired) electrons. The number of carbonyl (C=O) groups excluding carboxylic acids is 1. The standard InChI is InChI=1S/C12H14N4O4/c1-7(13-11(17)6-20-2)12-14-9-4-3-8(16(18)19)5-10(9)15-12/h3-5,7H,6H2,1-2H3,(H,13,17)(H,14,15). The number of nitro benzene ring substituents is 1. The lowest BCUT2D eigenvalue weighted by atomic mass is 10.3. The molecule has 1 amide bonds. The summed E-state index contributed by atoms with van der Waals surface area (Å²) in [5.74, 6) is 0.274. The Morgan fingerprint density at radius 3 is 3.00 bits per heavy atom. The molecule has 0 bridgehead atoms. The Bertz CT molecular complexity index is 652. The number of imidazole rings is 1. The average molecular weight is 278 g/mol. The van der Waals surface area contributed by atoms with Gasteiger partial charge in [0, 0.05) is 19.2 Å².